The van der Waals surface area contributed by atoms with Gasteiger partial charge in [0.05, 0.1) is 0 Å². The molecule has 0 spiro atoms. The maximum atomic E-state index is 12.1. The van der Waals surface area contributed by atoms with E-state index < -0.39 is 10.2 Å². The summed E-state index contributed by atoms with van der Waals surface area (Å²) in [5, 5.41) is 3.29. The van der Waals surface area contributed by atoms with E-state index in [4.69, 9.17) is 0 Å². The van der Waals surface area contributed by atoms with Gasteiger partial charge in [-0.1, -0.05) is 13.8 Å². The van der Waals surface area contributed by atoms with Gasteiger partial charge in [0, 0.05) is 57.3 Å². The van der Waals surface area contributed by atoms with E-state index in [-0.39, 0.29) is 0 Å². The molecule has 1 rings (SSSR count). The van der Waals surface area contributed by atoms with E-state index in [9.17, 15) is 8.42 Å². The summed E-state index contributed by atoms with van der Waals surface area (Å²) in [5.41, 5.74) is 0. The summed E-state index contributed by atoms with van der Waals surface area (Å²) in [6.45, 7) is 8.94. The lowest BCUT2D eigenvalue weighted by atomic mass is 10.3. The van der Waals surface area contributed by atoms with Crippen LogP contribution in [0.4, 0.5) is 0 Å². The highest BCUT2D eigenvalue weighted by Crippen LogP contribution is 2.08. The van der Waals surface area contributed by atoms with E-state index in [1.54, 1.807) is 7.05 Å². The monoisotopic (exact) mass is 338 g/mol. The number of nitrogens with zero attached hydrogens (tertiary/aromatic N) is 2. The van der Waals surface area contributed by atoms with Gasteiger partial charge in [-0.05, 0) is 13.0 Å². The van der Waals surface area contributed by atoms with E-state index in [2.05, 4.69) is 28.8 Å². The number of hydrogen-bond acceptors (Lipinski definition) is 5. The van der Waals surface area contributed by atoms with Crippen LogP contribution in [-0.4, -0.2) is 81.5 Å². The molecule has 0 aromatic rings. The molecular formula is C13H30N4O2S2. The van der Waals surface area contributed by atoms with Crippen molar-refractivity contribution in [1.82, 2.24) is 19.2 Å². The van der Waals surface area contributed by atoms with E-state index in [1.165, 1.54) is 4.31 Å². The summed E-state index contributed by atoms with van der Waals surface area (Å²) in [6, 6.07) is 0.438. The predicted octanol–water partition coefficient (Wildman–Crippen LogP) is 0.190. The predicted molar refractivity (Wildman–Crippen MR) is 91.1 cm³/mol. The Labute approximate surface area is 134 Å². The lowest BCUT2D eigenvalue weighted by Crippen LogP contribution is -2.44. The van der Waals surface area contributed by atoms with Crippen molar-refractivity contribution < 1.29 is 8.42 Å². The Morgan fingerprint density at radius 3 is 2.52 bits per heavy atom. The molecule has 0 radical (unpaired) electrons. The topological polar surface area (TPSA) is 64.7 Å². The Kier molecular flexibility index (Phi) is 9.15. The average Bonchev–Trinajstić information content (AvgIpc) is 2.44. The smallest absolute Gasteiger partial charge is 0.279 e. The summed E-state index contributed by atoms with van der Waals surface area (Å²) >= 11 is 1.96. The minimum atomic E-state index is -3.34. The van der Waals surface area contributed by atoms with Crippen LogP contribution in [0.15, 0.2) is 0 Å². The van der Waals surface area contributed by atoms with E-state index in [0.717, 1.165) is 44.1 Å². The zero-order valence-corrected chi connectivity index (χ0v) is 15.1. The van der Waals surface area contributed by atoms with E-state index in [0.29, 0.717) is 19.1 Å². The largest absolute Gasteiger partial charge is 0.314 e. The van der Waals surface area contributed by atoms with Crippen molar-refractivity contribution in [3.05, 3.63) is 0 Å². The van der Waals surface area contributed by atoms with Gasteiger partial charge in [0.15, 0.2) is 0 Å². The van der Waals surface area contributed by atoms with Crippen LogP contribution >= 0.6 is 11.8 Å². The molecule has 1 aliphatic rings. The summed E-state index contributed by atoms with van der Waals surface area (Å²) in [7, 11) is -1.70. The normalized spacial score (nSPS) is 17.8. The Bertz CT molecular complexity index is 370. The van der Waals surface area contributed by atoms with Crippen LogP contribution in [0.1, 0.15) is 20.3 Å². The highest BCUT2D eigenvalue weighted by Gasteiger charge is 2.17. The summed E-state index contributed by atoms with van der Waals surface area (Å²) in [5.74, 6) is 2.30. The Morgan fingerprint density at radius 2 is 1.90 bits per heavy atom. The maximum Gasteiger partial charge on any atom is 0.279 e. The van der Waals surface area contributed by atoms with Gasteiger partial charge in [0.1, 0.15) is 0 Å². The molecule has 0 saturated carbocycles. The molecule has 6 nitrogen and oxygen atoms in total. The summed E-state index contributed by atoms with van der Waals surface area (Å²) < 4.78 is 28.2. The van der Waals surface area contributed by atoms with Crippen LogP contribution in [0, 0.1) is 0 Å². The Balaban J connectivity index is 2.18. The fourth-order valence-corrected chi connectivity index (χ4v) is 4.00. The van der Waals surface area contributed by atoms with Crippen molar-refractivity contribution in [2.75, 3.05) is 57.8 Å². The van der Waals surface area contributed by atoms with Gasteiger partial charge in [-0.3, -0.25) is 0 Å². The van der Waals surface area contributed by atoms with Gasteiger partial charge >= 0.3 is 0 Å². The second-order valence-corrected chi connectivity index (χ2v) is 8.72. The zero-order chi connectivity index (χ0) is 15.7. The third-order valence-electron chi connectivity index (χ3n) is 3.43. The van der Waals surface area contributed by atoms with Crippen molar-refractivity contribution in [3.8, 4) is 0 Å². The fourth-order valence-electron chi connectivity index (χ4n) is 2.08. The Hall–Kier alpha value is 0.140. The molecule has 0 atom stereocenters. The van der Waals surface area contributed by atoms with Crippen LogP contribution in [0.3, 0.4) is 0 Å². The highest BCUT2D eigenvalue weighted by molar-refractivity contribution is 7.99. The van der Waals surface area contributed by atoms with Gasteiger partial charge in [0.2, 0.25) is 0 Å². The van der Waals surface area contributed by atoms with Crippen LogP contribution < -0.4 is 10.0 Å². The lowest BCUT2D eigenvalue weighted by Gasteiger charge is -2.26. The van der Waals surface area contributed by atoms with E-state index in [1.807, 2.05) is 11.8 Å². The van der Waals surface area contributed by atoms with Gasteiger partial charge < -0.3 is 10.2 Å². The molecule has 0 amide bonds. The molecule has 0 aliphatic carbocycles. The minimum absolute atomic E-state index is 0.438. The molecule has 126 valence electrons. The molecule has 2 N–H and O–H groups in total. The summed E-state index contributed by atoms with van der Waals surface area (Å²) in [4.78, 5) is 2.31. The molecular weight excluding hydrogens is 308 g/mol. The molecule has 0 aromatic heterocycles. The van der Waals surface area contributed by atoms with Crippen molar-refractivity contribution in [2.45, 2.75) is 26.3 Å². The minimum Gasteiger partial charge on any atom is -0.314 e. The van der Waals surface area contributed by atoms with Crippen molar-refractivity contribution >= 4 is 22.0 Å². The second kappa shape index (κ2) is 10.0. The van der Waals surface area contributed by atoms with Crippen LogP contribution in [0.2, 0.25) is 0 Å². The van der Waals surface area contributed by atoms with Gasteiger partial charge in [-0.15, -0.1) is 0 Å². The highest BCUT2D eigenvalue weighted by atomic mass is 32.2. The van der Waals surface area contributed by atoms with Crippen LogP contribution in [-0.2, 0) is 10.2 Å². The molecule has 0 aromatic carbocycles. The van der Waals surface area contributed by atoms with Crippen molar-refractivity contribution in [2.24, 2.45) is 0 Å². The number of thioether (sulfide) groups is 1. The third-order valence-corrected chi connectivity index (χ3v) is 5.94. The molecule has 1 fully saturated rings. The number of rotatable bonds is 10. The first-order chi connectivity index (χ1) is 9.92. The molecule has 1 saturated heterocycles. The standard InChI is InChI=1S/C13H30N4O2S2/c1-13(2)14-5-4-7-16(3)21(18,19)15-6-8-17-9-11-20-12-10-17/h13-15H,4-12H2,1-3H3. The Morgan fingerprint density at radius 1 is 1.24 bits per heavy atom. The molecule has 8 heteroatoms. The molecule has 21 heavy (non-hydrogen) atoms. The molecule has 0 unspecified atom stereocenters. The maximum absolute atomic E-state index is 12.1. The first-order valence-electron chi connectivity index (χ1n) is 7.66. The zero-order valence-electron chi connectivity index (χ0n) is 13.5. The van der Waals surface area contributed by atoms with Gasteiger partial charge in [-0.25, -0.2) is 4.72 Å². The van der Waals surface area contributed by atoms with Gasteiger partial charge in [0.25, 0.3) is 10.2 Å². The quantitative estimate of drug-likeness (QED) is 0.557. The van der Waals surface area contributed by atoms with Crippen molar-refractivity contribution in [1.29, 1.82) is 0 Å². The molecule has 0 bridgehead atoms. The lowest BCUT2D eigenvalue weighted by molar-refractivity contribution is 0.306. The molecule has 1 heterocycles. The van der Waals surface area contributed by atoms with Crippen molar-refractivity contribution in [3.63, 3.8) is 0 Å². The first kappa shape index (κ1) is 19.2. The van der Waals surface area contributed by atoms with Crippen LogP contribution in [0.5, 0.6) is 0 Å². The number of hydrogen-bond donors (Lipinski definition) is 2. The summed E-state index contributed by atoms with van der Waals surface area (Å²) in [6.07, 6.45) is 0.818. The van der Waals surface area contributed by atoms with E-state index >= 15 is 0 Å². The SMILES string of the molecule is CC(C)NCCCN(C)S(=O)(=O)NCCN1CCSCC1. The molecule has 1 aliphatic heterocycles. The second-order valence-electron chi connectivity index (χ2n) is 5.64. The first-order valence-corrected chi connectivity index (χ1v) is 10.3. The van der Waals surface area contributed by atoms with Crippen LogP contribution in [0.25, 0.3) is 0 Å². The number of nitrogens with one attached hydrogen (secondary N) is 2. The van der Waals surface area contributed by atoms with Gasteiger partial charge in [-0.2, -0.15) is 24.5 Å². The fraction of sp³-hybridized carbons (Fsp3) is 1.00. The average molecular weight is 339 g/mol. The third kappa shape index (κ3) is 8.37.